The molecule has 0 aromatic heterocycles. The topological polar surface area (TPSA) is 50.4 Å². The third-order valence-corrected chi connectivity index (χ3v) is 2.92. The van der Waals surface area contributed by atoms with Gasteiger partial charge in [0.25, 0.3) is 0 Å². The third-order valence-electron chi connectivity index (χ3n) is 2.92. The summed E-state index contributed by atoms with van der Waals surface area (Å²) in [7, 11) is 0. The van der Waals surface area contributed by atoms with Gasteiger partial charge in [-0.05, 0) is 31.6 Å². The fraction of sp³-hybridized carbons (Fsp3) is 0.900. The standard InChI is InChI=1S/C10H19N3/c11-10(12-7-8-5-6-8)13-9-3-1-2-4-9/h8-9H,1-7H2,(H3,11,12,13). The van der Waals surface area contributed by atoms with E-state index in [1.54, 1.807) is 0 Å². The monoisotopic (exact) mass is 181 g/mol. The van der Waals surface area contributed by atoms with Gasteiger partial charge in [0.1, 0.15) is 0 Å². The lowest BCUT2D eigenvalue weighted by molar-refractivity contribution is 0.624. The van der Waals surface area contributed by atoms with Gasteiger partial charge in [-0.25, -0.2) is 0 Å². The van der Waals surface area contributed by atoms with Crippen molar-refractivity contribution in [3.05, 3.63) is 0 Å². The Balaban J connectivity index is 1.68. The Morgan fingerprint density at radius 3 is 2.54 bits per heavy atom. The van der Waals surface area contributed by atoms with Gasteiger partial charge in [-0.2, -0.15) is 0 Å². The Bertz CT molecular complexity index is 190. The van der Waals surface area contributed by atoms with Crippen molar-refractivity contribution >= 4 is 5.96 Å². The van der Waals surface area contributed by atoms with Crippen LogP contribution < -0.4 is 11.1 Å². The molecule has 13 heavy (non-hydrogen) atoms. The Hall–Kier alpha value is -0.730. The number of guanidine groups is 1. The smallest absolute Gasteiger partial charge is 0.188 e. The molecule has 0 heterocycles. The van der Waals surface area contributed by atoms with Gasteiger partial charge in [0.05, 0.1) is 0 Å². The summed E-state index contributed by atoms with van der Waals surface area (Å²) < 4.78 is 0. The predicted octanol–water partition coefficient (Wildman–Crippen LogP) is 1.24. The van der Waals surface area contributed by atoms with Crippen molar-refractivity contribution < 1.29 is 0 Å². The molecular formula is C10H19N3. The van der Waals surface area contributed by atoms with E-state index in [1.165, 1.54) is 38.5 Å². The number of nitrogens with zero attached hydrogens (tertiary/aromatic N) is 1. The van der Waals surface area contributed by atoms with Gasteiger partial charge in [-0.1, -0.05) is 12.8 Å². The largest absolute Gasteiger partial charge is 0.370 e. The fourth-order valence-corrected chi connectivity index (χ4v) is 1.85. The van der Waals surface area contributed by atoms with Crippen molar-refractivity contribution in [1.82, 2.24) is 5.32 Å². The molecule has 2 aliphatic carbocycles. The van der Waals surface area contributed by atoms with Gasteiger partial charge in [-0.15, -0.1) is 0 Å². The summed E-state index contributed by atoms with van der Waals surface area (Å²) in [5.41, 5.74) is 5.77. The predicted molar refractivity (Wildman–Crippen MR) is 54.6 cm³/mol. The molecule has 2 rings (SSSR count). The highest BCUT2D eigenvalue weighted by Gasteiger charge is 2.21. The van der Waals surface area contributed by atoms with Crippen LogP contribution in [0, 0.1) is 5.92 Å². The molecule has 0 radical (unpaired) electrons. The van der Waals surface area contributed by atoms with E-state index in [1.807, 2.05) is 0 Å². The first-order valence-electron chi connectivity index (χ1n) is 5.41. The van der Waals surface area contributed by atoms with Crippen LogP contribution in [0.5, 0.6) is 0 Å². The zero-order valence-electron chi connectivity index (χ0n) is 8.13. The molecule has 0 aromatic carbocycles. The van der Waals surface area contributed by atoms with Crippen LogP contribution in [0.4, 0.5) is 0 Å². The molecule has 2 aliphatic rings. The summed E-state index contributed by atoms with van der Waals surface area (Å²) in [5, 5.41) is 3.29. The van der Waals surface area contributed by atoms with E-state index >= 15 is 0 Å². The van der Waals surface area contributed by atoms with Crippen LogP contribution in [0.25, 0.3) is 0 Å². The summed E-state index contributed by atoms with van der Waals surface area (Å²) in [6.45, 7) is 0.936. The van der Waals surface area contributed by atoms with Gasteiger partial charge in [-0.3, -0.25) is 4.99 Å². The molecule has 0 aliphatic heterocycles. The zero-order valence-corrected chi connectivity index (χ0v) is 8.13. The summed E-state index contributed by atoms with van der Waals surface area (Å²) in [6, 6.07) is 0.600. The first kappa shape index (κ1) is 8.85. The molecular weight excluding hydrogens is 162 g/mol. The molecule has 0 bridgehead atoms. The quantitative estimate of drug-likeness (QED) is 0.508. The lowest BCUT2D eigenvalue weighted by Gasteiger charge is -2.11. The summed E-state index contributed by atoms with van der Waals surface area (Å²) in [5.74, 6) is 1.50. The van der Waals surface area contributed by atoms with Gasteiger partial charge in [0.15, 0.2) is 5.96 Å². The Morgan fingerprint density at radius 2 is 1.92 bits per heavy atom. The molecule has 0 atom stereocenters. The maximum Gasteiger partial charge on any atom is 0.188 e. The van der Waals surface area contributed by atoms with Crippen molar-refractivity contribution in [2.75, 3.05) is 6.54 Å². The highest BCUT2D eigenvalue weighted by atomic mass is 15.1. The van der Waals surface area contributed by atoms with E-state index in [9.17, 15) is 0 Å². The van der Waals surface area contributed by atoms with E-state index in [0.717, 1.165) is 12.5 Å². The van der Waals surface area contributed by atoms with E-state index in [2.05, 4.69) is 10.3 Å². The molecule has 2 saturated carbocycles. The van der Waals surface area contributed by atoms with Crippen molar-refractivity contribution in [2.24, 2.45) is 16.6 Å². The fourth-order valence-electron chi connectivity index (χ4n) is 1.85. The third kappa shape index (κ3) is 2.90. The summed E-state index contributed by atoms with van der Waals surface area (Å²) in [4.78, 5) is 4.33. The van der Waals surface area contributed by atoms with Crippen molar-refractivity contribution in [1.29, 1.82) is 0 Å². The number of hydrogen-bond donors (Lipinski definition) is 2. The molecule has 0 amide bonds. The minimum atomic E-state index is 0.600. The van der Waals surface area contributed by atoms with Crippen LogP contribution in [-0.4, -0.2) is 18.5 Å². The minimum Gasteiger partial charge on any atom is -0.370 e. The van der Waals surface area contributed by atoms with Crippen LogP contribution in [0.2, 0.25) is 0 Å². The lowest BCUT2D eigenvalue weighted by Crippen LogP contribution is -2.38. The van der Waals surface area contributed by atoms with E-state index in [0.29, 0.717) is 12.0 Å². The second-order valence-electron chi connectivity index (χ2n) is 4.30. The van der Waals surface area contributed by atoms with Crippen molar-refractivity contribution in [2.45, 2.75) is 44.6 Å². The second kappa shape index (κ2) is 3.99. The normalized spacial score (nSPS) is 25.1. The Morgan fingerprint density at radius 1 is 1.23 bits per heavy atom. The average molecular weight is 181 g/mol. The Kier molecular flexibility index (Phi) is 2.71. The molecule has 0 saturated heterocycles. The highest BCUT2D eigenvalue weighted by molar-refractivity contribution is 5.78. The van der Waals surface area contributed by atoms with Crippen LogP contribution in [0.15, 0.2) is 4.99 Å². The molecule has 0 unspecified atom stereocenters. The maximum absolute atomic E-state index is 5.77. The average Bonchev–Trinajstić information content (AvgIpc) is 2.82. The van der Waals surface area contributed by atoms with Crippen molar-refractivity contribution in [3.8, 4) is 0 Å². The van der Waals surface area contributed by atoms with Gasteiger partial charge < -0.3 is 11.1 Å². The van der Waals surface area contributed by atoms with Gasteiger partial charge >= 0.3 is 0 Å². The lowest BCUT2D eigenvalue weighted by atomic mass is 10.2. The van der Waals surface area contributed by atoms with Crippen LogP contribution in [0.3, 0.4) is 0 Å². The van der Waals surface area contributed by atoms with E-state index in [-0.39, 0.29) is 0 Å². The Labute approximate surface area is 79.8 Å². The first-order chi connectivity index (χ1) is 6.34. The number of aliphatic imine (C=N–C) groups is 1. The van der Waals surface area contributed by atoms with E-state index < -0.39 is 0 Å². The minimum absolute atomic E-state index is 0.600. The van der Waals surface area contributed by atoms with Gasteiger partial charge in [0, 0.05) is 12.6 Å². The van der Waals surface area contributed by atoms with Crippen molar-refractivity contribution in [3.63, 3.8) is 0 Å². The molecule has 74 valence electrons. The summed E-state index contributed by atoms with van der Waals surface area (Å²) >= 11 is 0. The second-order valence-corrected chi connectivity index (χ2v) is 4.30. The highest BCUT2D eigenvalue weighted by Crippen LogP contribution is 2.28. The number of nitrogens with one attached hydrogen (secondary N) is 1. The summed E-state index contributed by atoms with van der Waals surface area (Å²) in [6.07, 6.45) is 7.90. The number of hydrogen-bond acceptors (Lipinski definition) is 1. The number of rotatable bonds is 3. The molecule has 2 fully saturated rings. The van der Waals surface area contributed by atoms with E-state index in [4.69, 9.17) is 5.73 Å². The zero-order chi connectivity index (χ0) is 9.10. The van der Waals surface area contributed by atoms with Crippen LogP contribution >= 0.6 is 0 Å². The van der Waals surface area contributed by atoms with Crippen LogP contribution in [0.1, 0.15) is 38.5 Å². The van der Waals surface area contributed by atoms with Crippen LogP contribution in [-0.2, 0) is 0 Å². The SMILES string of the molecule is NC(=NCC1CC1)NC1CCCC1. The first-order valence-corrected chi connectivity index (χ1v) is 5.41. The molecule has 3 heteroatoms. The number of nitrogens with two attached hydrogens (primary N) is 1. The molecule has 0 spiro atoms. The molecule has 0 aromatic rings. The molecule has 3 N–H and O–H groups in total. The van der Waals surface area contributed by atoms with Gasteiger partial charge in [0.2, 0.25) is 0 Å². The molecule has 3 nitrogen and oxygen atoms in total. The maximum atomic E-state index is 5.77.